The molecular formula is C50H89O8P. The maximum absolute atomic E-state index is 12.5. The lowest BCUT2D eigenvalue weighted by Crippen LogP contribution is -2.29. The van der Waals surface area contributed by atoms with Crippen LogP contribution in [-0.2, 0) is 32.7 Å². The fourth-order valence-electron chi connectivity index (χ4n) is 6.59. The standard InChI is InChI=1S/C50H89O8P/c1-4-6-8-10-12-14-16-18-20-22-24-25-27-28-30-32-34-36-38-40-42-44-49(51)56-46-48(47-57-59(53,54)55-3)58-50(52)45-43-41-39-37-35-33-31-29-26-23-21-19-17-15-13-11-9-7-5-2/h7,9,13,15,19,21-22,24,26,29,48H,4-6,8,10-12,14,16-18,20,23,25,27-28,30-47H2,1-3H3,(H,53,54)/b9-7-,15-13-,21-19-,24-22-,29-26-. The van der Waals surface area contributed by atoms with Gasteiger partial charge in [-0.25, -0.2) is 4.57 Å². The van der Waals surface area contributed by atoms with E-state index in [1.54, 1.807) is 0 Å². The molecule has 0 spiro atoms. The van der Waals surface area contributed by atoms with E-state index >= 15 is 0 Å². The highest BCUT2D eigenvalue weighted by atomic mass is 31.2. The van der Waals surface area contributed by atoms with Crippen LogP contribution in [-0.4, -0.2) is 43.3 Å². The van der Waals surface area contributed by atoms with Crippen molar-refractivity contribution in [1.29, 1.82) is 0 Å². The fraction of sp³-hybridized carbons (Fsp3) is 0.760. The van der Waals surface area contributed by atoms with Gasteiger partial charge in [-0.2, -0.15) is 0 Å². The second-order valence-electron chi connectivity index (χ2n) is 15.9. The SMILES string of the molecule is CC/C=C\C/C=C\C/C=C\C/C=C\CCCCCCCCC(=O)OC(COC(=O)CCCCCCCCCCC/C=C\CCCCCCCCCC)COP(=O)(O)OC. The summed E-state index contributed by atoms with van der Waals surface area (Å²) in [7, 11) is -3.21. The Morgan fingerprint density at radius 3 is 1.31 bits per heavy atom. The van der Waals surface area contributed by atoms with Crippen LogP contribution in [0.5, 0.6) is 0 Å². The van der Waals surface area contributed by atoms with Gasteiger partial charge < -0.3 is 14.4 Å². The monoisotopic (exact) mass is 849 g/mol. The van der Waals surface area contributed by atoms with E-state index in [1.165, 1.54) is 103 Å². The van der Waals surface area contributed by atoms with Gasteiger partial charge in [0.2, 0.25) is 0 Å². The highest BCUT2D eigenvalue weighted by Gasteiger charge is 2.24. The molecule has 0 aliphatic heterocycles. The van der Waals surface area contributed by atoms with Gasteiger partial charge in [0.1, 0.15) is 6.61 Å². The Labute approximate surface area is 362 Å². The minimum Gasteiger partial charge on any atom is -0.462 e. The van der Waals surface area contributed by atoms with Gasteiger partial charge in [-0.05, 0) is 77.0 Å². The Balaban J connectivity index is 3.96. The summed E-state index contributed by atoms with van der Waals surface area (Å²) in [6.45, 7) is 3.78. The summed E-state index contributed by atoms with van der Waals surface area (Å²) >= 11 is 0. The maximum atomic E-state index is 12.5. The lowest BCUT2D eigenvalue weighted by molar-refractivity contribution is -0.161. The van der Waals surface area contributed by atoms with Crippen LogP contribution in [0.1, 0.15) is 219 Å². The molecule has 0 fully saturated rings. The summed E-state index contributed by atoms with van der Waals surface area (Å²) in [5.41, 5.74) is 0. The number of carbonyl (C=O) groups is 2. The molecule has 0 radical (unpaired) electrons. The molecule has 8 nitrogen and oxygen atoms in total. The van der Waals surface area contributed by atoms with E-state index in [9.17, 15) is 19.0 Å². The zero-order chi connectivity index (χ0) is 43.2. The number of ether oxygens (including phenoxy) is 2. The Bertz CT molecular complexity index is 1140. The quantitative estimate of drug-likeness (QED) is 0.0279. The van der Waals surface area contributed by atoms with Crippen molar-refractivity contribution in [2.45, 2.75) is 225 Å². The molecule has 2 atom stereocenters. The van der Waals surface area contributed by atoms with Crippen molar-refractivity contribution in [2.24, 2.45) is 0 Å². The molecule has 0 aliphatic carbocycles. The fourth-order valence-corrected chi connectivity index (χ4v) is 7.05. The minimum atomic E-state index is -4.27. The van der Waals surface area contributed by atoms with E-state index in [2.05, 4.69) is 79.1 Å². The first kappa shape index (κ1) is 56.8. The molecular weight excluding hydrogens is 760 g/mol. The number of hydrogen-bond acceptors (Lipinski definition) is 7. The van der Waals surface area contributed by atoms with Crippen molar-refractivity contribution < 1.29 is 37.6 Å². The molecule has 0 rings (SSSR count). The molecule has 0 saturated heterocycles. The number of phosphoric ester groups is 1. The van der Waals surface area contributed by atoms with Crippen LogP contribution in [0.2, 0.25) is 0 Å². The average molecular weight is 849 g/mol. The van der Waals surface area contributed by atoms with E-state index < -0.39 is 26.5 Å². The molecule has 0 bridgehead atoms. The van der Waals surface area contributed by atoms with Gasteiger partial charge in [0.05, 0.1) is 6.61 Å². The number of carbonyl (C=O) groups excluding carboxylic acids is 2. The van der Waals surface area contributed by atoms with Crippen molar-refractivity contribution in [3.63, 3.8) is 0 Å². The number of hydrogen-bond donors (Lipinski definition) is 1. The van der Waals surface area contributed by atoms with Gasteiger partial charge in [-0.1, -0.05) is 190 Å². The summed E-state index contributed by atoms with van der Waals surface area (Å²) in [5, 5.41) is 0. The van der Waals surface area contributed by atoms with Crippen LogP contribution in [0.25, 0.3) is 0 Å². The van der Waals surface area contributed by atoms with Crippen LogP contribution >= 0.6 is 7.82 Å². The van der Waals surface area contributed by atoms with E-state index in [0.29, 0.717) is 6.42 Å². The smallest absolute Gasteiger partial charge is 0.462 e. The lowest BCUT2D eigenvalue weighted by Gasteiger charge is -2.19. The third-order valence-corrected chi connectivity index (χ3v) is 11.2. The zero-order valence-electron chi connectivity index (χ0n) is 38.1. The first-order valence-corrected chi connectivity index (χ1v) is 25.5. The van der Waals surface area contributed by atoms with E-state index in [0.717, 1.165) is 90.6 Å². The second kappa shape index (κ2) is 45.3. The minimum absolute atomic E-state index is 0.226. The van der Waals surface area contributed by atoms with E-state index in [1.807, 2.05) is 0 Å². The molecule has 59 heavy (non-hydrogen) atoms. The lowest BCUT2D eigenvalue weighted by atomic mass is 10.1. The number of esters is 2. The highest BCUT2D eigenvalue weighted by molar-refractivity contribution is 7.47. The number of unbranched alkanes of at least 4 members (excludes halogenated alkanes) is 23. The summed E-state index contributed by atoms with van der Waals surface area (Å²) in [4.78, 5) is 34.6. The third kappa shape index (κ3) is 45.1. The van der Waals surface area contributed by atoms with Gasteiger partial charge in [0.15, 0.2) is 6.10 Å². The predicted molar refractivity (Wildman–Crippen MR) is 248 cm³/mol. The number of phosphoric acid groups is 1. The molecule has 0 aromatic heterocycles. The van der Waals surface area contributed by atoms with Gasteiger partial charge in [0.25, 0.3) is 0 Å². The second-order valence-corrected chi connectivity index (χ2v) is 17.4. The normalized spacial score (nSPS) is 13.8. The highest BCUT2D eigenvalue weighted by Crippen LogP contribution is 2.42. The summed E-state index contributed by atoms with van der Waals surface area (Å²) in [6.07, 6.45) is 57.0. The van der Waals surface area contributed by atoms with Crippen LogP contribution in [0.4, 0.5) is 0 Å². The molecule has 0 aromatic carbocycles. The molecule has 0 heterocycles. The topological polar surface area (TPSA) is 108 Å². The summed E-state index contributed by atoms with van der Waals surface area (Å²) in [5.74, 6) is -0.820. The molecule has 1 N–H and O–H groups in total. The van der Waals surface area contributed by atoms with Crippen molar-refractivity contribution in [3.05, 3.63) is 60.8 Å². The first-order chi connectivity index (χ1) is 28.8. The molecule has 0 amide bonds. The van der Waals surface area contributed by atoms with Gasteiger partial charge >= 0.3 is 19.8 Å². The molecule has 0 aliphatic rings. The van der Waals surface area contributed by atoms with Crippen LogP contribution in [0.15, 0.2) is 60.8 Å². The molecule has 2 unspecified atom stereocenters. The number of rotatable bonds is 44. The van der Waals surface area contributed by atoms with Crippen molar-refractivity contribution in [1.82, 2.24) is 0 Å². The average Bonchev–Trinajstić information content (AvgIpc) is 3.23. The van der Waals surface area contributed by atoms with Crippen LogP contribution < -0.4 is 0 Å². The van der Waals surface area contributed by atoms with Crippen LogP contribution in [0, 0.1) is 0 Å². The van der Waals surface area contributed by atoms with Crippen molar-refractivity contribution in [2.75, 3.05) is 20.3 Å². The first-order valence-electron chi connectivity index (χ1n) is 24.0. The molecule has 342 valence electrons. The Morgan fingerprint density at radius 2 is 0.864 bits per heavy atom. The van der Waals surface area contributed by atoms with Gasteiger partial charge in [-0.15, -0.1) is 0 Å². The zero-order valence-corrected chi connectivity index (χ0v) is 39.0. The Morgan fingerprint density at radius 1 is 0.492 bits per heavy atom. The van der Waals surface area contributed by atoms with E-state index in [-0.39, 0.29) is 25.4 Å². The van der Waals surface area contributed by atoms with Gasteiger partial charge in [-0.3, -0.25) is 18.6 Å². The summed E-state index contributed by atoms with van der Waals surface area (Å²) < 4.78 is 32.1. The van der Waals surface area contributed by atoms with Crippen molar-refractivity contribution >= 4 is 19.8 Å². The van der Waals surface area contributed by atoms with Crippen molar-refractivity contribution in [3.8, 4) is 0 Å². The number of allylic oxidation sites excluding steroid dienone is 10. The Hall–Kier alpha value is -2.25. The summed E-state index contributed by atoms with van der Waals surface area (Å²) in [6, 6.07) is 0. The predicted octanol–water partition coefficient (Wildman–Crippen LogP) is 15.5. The molecule has 0 saturated carbocycles. The molecule has 9 heteroatoms. The van der Waals surface area contributed by atoms with Crippen LogP contribution in [0.3, 0.4) is 0 Å². The van der Waals surface area contributed by atoms with E-state index in [4.69, 9.17) is 14.0 Å². The third-order valence-electron chi connectivity index (χ3n) is 10.2. The van der Waals surface area contributed by atoms with Gasteiger partial charge in [0, 0.05) is 20.0 Å². The Kier molecular flexibility index (Phi) is 43.6. The largest absolute Gasteiger partial charge is 0.472 e. The molecule has 0 aromatic rings. The maximum Gasteiger partial charge on any atom is 0.472 e.